The van der Waals surface area contributed by atoms with Crippen molar-refractivity contribution in [2.45, 2.75) is 26.7 Å². The van der Waals surface area contributed by atoms with Crippen molar-refractivity contribution in [1.29, 1.82) is 0 Å². The maximum absolute atomic E-state index is 11.4. The number of anilines is 2. The first-order valence-electron chi connectivity index (χ1n) is 6.26. The van der Waals surface area contributed by atoms with E-state index in [9.17, 15) is 4.79 Å². The fraction of sp³-hybridized carbons (Fsp3) is 0.583. The van der Waals surface area contributed by atoms with Crippen molar-refractivity contribution in [2.24, 2.45) is 0 Å². The van der Waals surface area contributed by atoms with E-state index in [1.807, 2.05) is 11.8 Å². The highest BCUT2D eigenvalue weighted by atomic mass is 16.2. The summed E-state index contributed by atoms with van der Waals surface area (Å²) in [6, 6.07) is 0. The minimum absolute atomic E-state index is 0.0230. The number of nitrogen functional groups attached to an aromatic ring is 1. The third kappa shape index (κ3) is 2.52. The van der Waals surface area contributed by atoms with E-state index >= 15 is 0 Å². The number of hydrogen-bond acceptors (Lipinski definition) is 5. The number of piperazine rings is 1. The number of nitrogens with two attached hydrogens (primary N) is 1. The second-order valence-corrected chi connectivity index (χ2v) is 4.50. The molecule has 1 aromatic heterocycles. The molecule has 0 radical (unpaired) electrons. The lowest BCUT2D eigenvalue weighted by atomic mass is 10.2. The van der Waals surface area contributed by atoms with Gasteiger partial charge in [-0.3, -0.25) is 4.79 Å². The number of rotatable bonds is 3. The molecule has 0 atom stereocenters. The minimum atomic E-state index is 0.0230. The van der Waals surface area contributed by atoms with Crippen LogP contribution in [-0.2, 0) is 11.2 Å². The van der Waals surface area contributed by atoms with E-state index in [1.165, 1.54) is 0 Å². The van der Waals surface area contributed by atoms with Crippen LogP contribution in [0.4, 0.5) is 11.6 Å². The standard InChI is InChI=1S/C12H19N5O/c1-3-4-9-15-11(13)8(2)12(16-9)17-6-5-14-10(18)7-17/h3-7H2,1-2H3,(H,14,18)(H2,13,15,16). The van der Waals surface area contributed by atoms with Crippen molar-refractivity contribution in [3.8, 4) is 0 Å². The molecule has 6 nitrogen and oxygen atoms in total. The Bertz CT molecular complexity index is 460. The summed E-state index contributed by atoms with van der Waals surface area (Å²) in [5, 5.41) is 2.80. The normalized spacial score (nSPS) is 15.7. The van der Waals surface area contributed by atoms with Gasteiger partial charge in [0.05, 0.1) is 6.54 Å². The van der Waals surface area contributed by atoms with Crippen LogP contribution in [0.3, 0.4) is 0 Å². The second-order valence-electron chi connectivity index (χ2n) is 4.50. The monoisotopic (exact) mass is 249 g/mol. The summed E-state index contributed by atoms with van der Waals surface area (Å²) in [5.41, 5.74) is 6.77. The molecule has 2 rings (SSSR count). The van der Waals surface area contributed by atoms with E-state index in [4.69, 9.17) is 5.73 Å². The molecule has 1 amide bonds. The Morgan fingerprint density at radius 2 is 2.22 bits per heavy atom. The van der Waals surface area contributed by atoms with E-state index in [0.717, 1.165) is 36.6 Å². The zero-order chi connectivity index (χ0) is 13.1. The molecule has 3 N–H and O–H groups in total. The zero-order valence-corrected chi connectivity index (χ0v) is 10.9. The molecule has 98 valence electrons. The van der Waals surface area contributed by atoms with Gasteiger partial charge in [0.25, 0.3) is 0 Å². The average molecular weight is 249 g/mol. The van der Waals surface area contributed by atoms with Crippen LogP contribution < -0.4 is 16.0 Å². The molecule has 2 heterocycles. The molecule has 1 fully saturated rings. The molecule has 1 saturated heterocycles. The van der Waals surface area contributed by atoms with Gasteiger partial charge >= 0.3 is 0 Å². The quantitative estimate of drug-likeness (QED) is 0.802. The van der Waals surface area contributed by atoms with Crippen molar-refractivity contribution in [3.05, 3.63) is 11.4 Å². The van der Waals surface area contributed by atoms with Gasteiger partial charge in [-0.2, -0.15) is 0 Å². The van der Waals surface area contributed by atoms with Gasteiger partial charge in [-0.1, -0.05) is 6.92 Å². The highest BCUT2D eigenvalue weighted by molar-refractivity contribution is 5.82. The minimum Gasteiger partial charge on any atom is -0.383 e. The SMILES string of the molecule is CCCc1nc(N)c(C)c(N2CCNC(=O)C2)n1. The topological polar surface area (TPSA) is 84.1 Å². The molecule has 1 aliphatic heterocycles. The van der Waals surface area contributed by atoms with Crippen LogP contribution in [0.25, 0.3) is 0 Å². The fourth-order valence-corrected chi connectivity index (χ4v) is 2.03. The fourth-order valence-electron chi connectivity index (χ4n) is 2.03. The maximum Gasteiger partial charge on any atom is 0.239 e. The highest BCUT2D eigenvalue weighted by Gasteiger charge is 2.21. The molecule has 0 aliphatic carbocycles. The van der Waals surface area contributed by atoms with E-state index in [2.05, 4.69) is 22.2 Å². The van der Waals surface area contributed by atoms with Crippen LogP contribution in [0, 0.1) is 6.92 Å². The van der Waals surface area contributed by atoms with Crippen molar-refractivity contribution in [2.75, 3.05) is 30.3 Å². The van der Waals surface area contributed by atoms with Gasteiger partial charge in [0, 0.05) is 25.1 Å². The molecule has 0 spiro atoms. The van der Waals surface area contributed by atoms with Gasteiger partial charge in [-0.15, -0.1) is 0 Å². The van der Waals surface area contributed by atoms with Gasteiger partial charge in [-0.05, 0) is 13.3 Å². The number of aromatic nitrogens is 2. The number of nitrogens with zero attached hydrogens (tertiary/aromatic N) is 3. The van der Waals surface area contributed by atoms with Crippen molar-refractivity contribution >= 4 is 17.5 Å². The number of nitrogens with one attached hydrogen (secondary N) is 1. The molecular formula is C12H19N5O. The zero-order valence-electron chi connectivity index (χ0n) is 10.9. The first-order chi connectivity index (χ1) is 8.61. The van der Waals surface area contributed by atoms with Crippen LogP contribution in [0.5, 0.6) is 0 Å². The average Bonchev–Trinajstić information content (AvgIpc) is 2.34. The summed E-state index contributed by atoms with van der Waals surface area (Å²) < 4.78 is 0. The van der Waals surface area contributed by atoms with Crippen molar-refractivity contribution in [3.63, 3.8) is 0 Å². The van der Waals surface area contributed by atoms with E-state index in [0.29, 0.717) is 18.9 Å². The van der Waals surface area contributed by atoms with Crippen LogP contribution in [0.2, 0.25) is 0 Å². The molecule has 0 saturated carbocycles. The van der Waals surface area contributed by atoms with E-state index in [1.54, 1.807) is 0 Å². The number of amides is 1. The number of carbonyl (C=O) groups is 1. The lowest BCUT2D eigenvalue weighted by Gasteiger charge is -2.29. The predicted octanol–water partition coefficient (Wildman–Crippen LogP) is 0.256. The Hall–Kier alpha value is -1.85. The summed E-state index contributed by atoms with van der Waals surface area (Å²) in [6.45, 7) is 5.71. The van der Waals surface area contributed by atoms with Crippen LogP contribution in [-0.4, -0.2) is 35.5 Å². The number of carbonyl (C=O) groups excluding carboxylic acids is 1. The molecular weight excluding hydrogens is 230 g/mol. The largest absolute Gasteiger partial charge is 0.383 e. The first kappa shape index (κ1) is 12.6. The number of hydrogen-bond donors (Lipinski definition) is 2. The van der Waals surface area contributed by atoms with Crippen LogP contribution >= 0.6 is 0 Å². The smallest absolute Gasteiger partial charge is 0.239 e. The summed E-state index contributed by atoms with van der Waals surface area (Å²) >= 11 is 0. The van der Waals surface area contributed by atoms with E-state index in [-0.39, 0.29) is 5.91 Å². The van der Waals surface area contributed by atoms with Gasteiger partial charge in [-0.25, -0.2) is 9.97 Å². The van der Waals surface area contributed by atoms with Crippen molar-refractivity contribution in [1.82, 2.24) is 15.3 Å². The molecule has 0 aromatic carbocycles. The Morgan fingerprint density at radius 1 is 1.44 bits per heavy atom. The Kier molecular flexibility index (Phi) is 3.64. The summed E-state index contributed by atoms with van der Waals surface area (Å²) in [7, 11) is 0. The molecule has 6 heteroatoms. The summed E-state index contributed by atoms with van der Waals surface area (Å²) in [6.07, 6.45) is 1.78. The summed E-state index contributed by atoms with van der Waals surface area (Å²) in [4.78, 5) is 22.2. The Morgan fingerprint density at radius 3 is 2.89 bits per heavy atom. The molecule has 1 aliphatic rings. The predicted molar refractivity (Wildman–Crippen MR) is 70.4 cm³/mol. The lowest BCUT2D eigenvalue weighted by molar-refractivity contribution is -0.120. The van der Waals surface area contributed by atoms with Gasteiger partial charge < -0.3 is 16.0 Å². The van der Waals surface area contributed by atoms with Gasteiger partial charge in [0.1, 0.15) is 17.5 Å². The lowest BCUT2D eigenvalue weighted by Crippen LogP contribution is -2.48. The Labute approximate surface area is 107 Å². The van der Waals surface area contributed by atoms with Gasteiger partial charge in [0.15, 0.2) is 0 Å². The van der Waals surface area contributed by atoms with Crippen LogP contribution in [0.15, 0.2) is 0 Å². The molecule has 1 aromatic rings. The third-order valence-electron chi connectivity index (χ3n) is 3.02. The molecule has 0 bridgehead atoms. The molecule has 18 heavy (non-hydrogen) atoms. The van der Waals surface area contributed by atoms with E-state index < -0.39 is 0 Å². The summed E-state index contributed by atoms with van der Waals surface area (Å²) in [5.74, 6) is 2.08. The maximum atomic E-state index is 11.4. The third-order valence-corrected chi connectivity index (χ3v) is 3.02. The Balaban J connectivity index is 2.32. The second kappa shape index (κ2) is 5.20. The van der Waals surface area contributed by atoms with Crippen molar-refractivity contribution < 1.29 is 4.79 Å². The molecule has 0 unspecified atom stereocenters. The number of aryl methyl sites for hydroxylation is 1. The first-order valence-corrected chi connectivity index (χ1v) is 6.26. The highest BCUT2D eigenvalue weighted by Crippen LogP contribution is 2.22. The van der Waals surface area contributed by atoms with Crippen LogP contribution in [0.1, 0.15) is 24.7 Å². The van der Waals surface area contributed by atoms with Gasteiger partial charge in [0.2, 0.25) is 5.91 Å².